The summed E-state index contributed by atoms with van der Waals surface area (Å²) >= 11 is 7.80. The lowest BCUT2D eigenvalue weighted by atomic mass is 10.1. The van der Waals surface area contributed by atoms with Crippen molar-refractivity contribution in [3.8, 4) is 5.75 Å². The van der Waals surface area contributed by atoms with E-state index in [4.69, 9.17) is 11.6 Å². The lowest BCUT2D eigenvalue weighted by Crippen LogP contribution is -1.80. The molecule has 1 nitrogen and oxygen atoms in total. The summed E-state index contributed by atoms with van der Waals surface area (Å²) in [6, 6.07) is 19.2. The minimum Gasteiger partial charge on any atom is -0.507 e. The topological polar surface area (TPSA) is 20.2 Å². The van der Waals surface area contributed by atoms with Crippen molar-refractivity contribution >= 4 is 34.1 Å². The van der Waals surface area contributed by atoms with Crippen molar-refractivity contribution < 1.29 is 5.11 Å². The van der Waals surface area contributed by atoms with Gasteiger partial charge in [0.25, 0.3) is 0 Å². The first-order valence-electron chi connectivity index (χ1n) is 5.89. The summed E-state index contributed by atoms with van der Waals surface area (Å²) in [5, 5.41) is 12.5. The first-order valence-corrected chi connectivity index (χ1v) is 7.08. The summed E-state index contributed by atoms with van der Waals surface area (Å²) in [4.78, 5) is 2.10. The number of aromatic hydroxyl groups is 1. The van der Waals surface area contributed by atoms with Crippen LogP contribution in [0, 0.1) is 0 Å². The number of fused-ring (bicyclic) bond motifs is 1. The van der Waals surface area contributed by atoms with E-state index in [-0.39, 0.29) is 0 Å². The van der Waals surface area contributed by atoms with Crippen LogP contribution >= 0.6 is 23.4 Å². The fourth-order valence-corrected chi connectivity index (χ4v) is 3.22. The molecule has 0 heterocycles. The summed E-state index contributed by atoms with van der Waals surface area (Å²) in [5.74, 6) is 0.305. The Morgan fingerprint density at radius 3 is 2.21 bits per heavy atom. The van der Waals surface area contributed by atoms with Crippen molar-refractivity contribution in [1.82, 2.24) is 0 Å². The molecule has 0 spiro atoms. The quantitative estimate of drug-likeness (QED) is 0.685. The molecule has 0 saturated heterocycles. The fraction of sp³-hybridized carbons (Fsp3) is 0. The Morgan fingerprint density at radius 2 is 1.42 bits per heavy atom. The maximum Gasteiger partial charge on any atom is 0.123 e. The van der Waals surface area contributed by atoms with Gasteiger partial charge in [-0.15, -0.1) is 0 Å². The average Bonchev–Trinajstić information content (AvgIpc) is 2.44. The molecule has 0 amide bonds. The van der Waals surface area contributed by atoms with E-state index in [1.807, 2.05) is 54.6 Å². The van der Waals surface area contributed by atoms with Crippen molar-refractivity contribution in [2.24, 2.45) is 0 Å². The molecule has 0 aromatic heterocycles. The molecule has 3 rings (SSSR count). The van der Waals surface area contributed by atoms with Crippen LogP contribution in [0.15, 0.2) is 70.5 Å². The molecule has 19 heavy (non-hydrogen) atoms. The minimum absolute atomic E-state index is 0.305. The van der Waals surface area contributed by atoms with Gasteiger partial charge in [-0.25, -0.2) is 0 Å². The van der Waals surface area contributed by atoms with Crippen LogP contribution in [0.3, 0.4) is 0 Å². The molecule has 0 saturated carbocycles. The van der Waals surface area contributed by atoms with Crippen molar-refractivity contribution in [3.05, 3.63) is 65.7 Å². The third-order valence-corrected chi connectivity index (χ3v) is 4.51. The van der Waals surface area contributed by atoms with Gasteiger partial charge in [0.2, 0.25) is 0 Å². The molecule has 3 heteroatoms. The maximum atomic E-state index is 9.88. The number of hydrogen-bond donors (Lipinski definition) is 1. The number of phenolic OH excluding ortho intramolecular Hbond substituents is 1. The summed E-state index contributed by atoms with van der Waals surface area (Å²) in [6.45, 7) is 0. The van der Waals surface area contributed by atoms with Gasteiger partial charge in [-0.05, 0) is 29.7 Å². The highest BCUT2D eigenvalue weighted by Crippen LogP contribution is 2.39. The van der Waals surface area contributed by atoms with E-state index < -0.39 is 0 Å². The van der Waals surface area contributed by atoms with Crippen LogP contribution in [0.25, 0.3) is 10.8 Å². The van der Waals surface area contributed by atoms with Crippen molar-refractivity contribution in [2.45, 2.75) is 9.79 Å². The van der Waals surface area contributed by atoms with Crippen LogP contribution in [-0.2, 0) is 0 Å². The normalized spacial score (nSPS) is 10.8. The van der Waals surface area contributed by atoms with Crippen LogP contribution in [0.4, 0.5) is 0 Å². The standard InChI is InChI=1S/C16H11ClOS/c17-13-7-3-4-8-16(13)19-15-10-9-14(18)11-5-1-2-6-12(11)15/h1-10,18H. The van der Waals surface area contributed by atoms with Gasteiger partial charge in [0.05, 0.1) is 5.02 Å². The van der Waals surface area contributed by atoms with E-state index in [2.05, 4.69) is 0 Å². The van der Waals surface area contributed by atoms with Gasteiger partial charge in [-0.2, -0.15) is 0 Å². The Labute approximate surface area is 120 Å². The predicted octanol–water partition coefficient (Wildman–Crippen LogP) is 5.35. The summed E-state index contributed by atoms with van der Waals surface area (Å²) in [7, 11) is 0. The predicted molar refractivity (Wildman–Crippen MR) is 81.2 cm³/mol. The lowest BCUT2D eigenvalue weighted by Gasteiger charge is -2.08. The zero-order valence-corrected chi connectivity index (χ0v) is 11.6. The van der Waals surface area contributed by atoms with Crippen LogP contribution in [-0.4, -0.2) is 5.11 Å². The van der Waals surface area contributed by atoms with Crippen molar-refractivity contribution in [3.63, 3.8) is 0 Å². The van der Waals surface area contributed by atoms with E-state index in [9.17, 15) is 5.11 Å². The second-order valence-electron chi connectivity index (χ2n) is 4.16. The van der Waals surface area contributed by atoms with Gasteiger partial charge in [-0.3, -0.25) is 0 Å². The van der Waals surface area contributed by atoms with Crippen LogP contribution in [0.1, 0.15) is 0 Å². The first kappa shape index (κ1) is 12.4. The van der Waals surface area contributed by atoms with Crippen molar-refractivity contribution in [1.29, 1.82) is 0 Å². The number of benzene rings is 3. The maximum absolute atomic E-state index is 9.88. The molecule has 3 aromatic carbocycles. The first-order chi connectivity index (χ1) is 9.25. The molecule has 0 atom stereocenters. The van der Waals surface area contributed by atoms with Crippen molar-refractivity contribution in [2.75, 3.05) is 0 Å². The highest BCUT2D eigenvalue weighted by molar-refractivity contribution is 7.99. The van der Waals surface area contributed by atoms with Gasteiger partial charge in [0, 0.05) is 15.2 Å². The molecule has 3 aromatic rings. The van der Waals surface area contributed by atoms with Gasteiger partial charge < -0.3 is 5.11 Å². The molecule has 0 radical (unpaired) electrons. The fourth-order valence-electron chi connectivity index (χ4n) is 1.99. The minimum atomic E-state index is 0.305. The van der Waals surface area contributed by atoms with E-state index in [0.29, 0.717) is 5.75 Å². The van der Waals surface area contributed by atoms with Crippen LogP contribution in [0.5, 0.6) is 5.75 Å². The number of hydrogen-bond acceptors (Lipinski definition) is 2. The lowest BCUT2D eigenvalue weighted by molar-refractivity contribution is 0.481. The average molecular weight is 287 g/mol. The summed E-state index contributed by atoms with van der Waals surface area (Å²) < 4.78 is 0. The molecule has 94 valence electrons. The van der Waals surface area contributed by atoms with Crippen LogP contribution in [0.2, 0.25) is 5.02 Å². The zero-order valence-electron chi connectivity index (χ0n) is 10.0. The second kappa shape index (κ2) is 5.16. The molecule has 0 bridgehead atoms. The van der Waals surface area contributed by atoms with Gasteiger partial charge >= 0.3 is 0 Å². The van der Waals surface area contributed by atoms with Gasteiger partial charge in [0.15, 0.2) is 0 Å². The SMILES string of the molecule is Oc1ccc(Sc2ccccc2Cl)c2ccccc12. The number of phenols is 1. The van der Waals surface area contributed by atoms with Gasteiger partial charge in [0.1, 0.15) is 5.75 Å². The van der Waals surface area contributed by atoms with E-state index >= 15 is 0 Å². The zero-order chi connectivity index (χ0) is 13.2. The highest BCUT2D eigenvalue weighted by Gasteiger charge is 2.07. The Balaban J connectivity index is 2.12. The number of rotatable bonds is 2. The van der Waals surface area contributed by atoms with Crippen LogP contribution < -0.4 is 0 Å². The van der Waals surface area contributed by atoms with E-state index in [1.54, 1.807) is 17.8 Å². The monoisotopic (exact) mass is 286 g/mol. The van der Waals surface area contributed by atoms with E-state index in [1.165, 1.54) is 0 Å². The Morgan fingerprint density at radius 1 is 0.737 bits per heavy atom. The largest absolute Gasteiger partial charge is 0.507 e. The molecule has 0 aliphatic rings. The Hall–Kier alpha value is -1.64. The number of halogens is 1. The van der Waals surface area contributed by atoms with Gasteiger partial charge in [-0.1, -0.05) is 59.8 Å². The molecular weight excluding hydrogens is 276 g/mol. The molecule has 0 unspecified atom stereocenters. The Bertz CT molecular complexity index is 740. The second-order valence-corrected chi connectivity index (χ2v) is 5.65. The third kappa shape index (κ3) is 2.42. The smallest absolute Gasteiger partial charge is 0.123 e. The molecule has 0 fully saturated rings. The molecule has 1 N–H and O–H groups in total. The summed E-state index contributed by atoms with van der Waals surface area (Å²) in [5.41, 5.74) is 0. The molecule has 0 aliphatic heterocycles. The highest BCUT2D eigenvalue weighted by atomic mass is 35.5. The third-order valence-electron chi connectivity index (χ3n) is 2.92. The molecule has 0 aliphatic carbocycles. The molecular formula is C16H11ClOS. The van der Waals surface area contributed by atoms with E-state index in [0.717, 1.165) is 25.6 Å². The Kier molecular flexibility index (Phi) is 3.36. The summed E-state index contributed by atoms with van der Waals surface area (Å²) in [6.07, 6.45) is 0.